The first-order chi connectivity index (χ1) is 11.7. The Kier molecular flexibility index (Phi) is 6.83. The molecule has 0 bridgehead atoms. The van der Waals surface area contributed by atoms with E-state index >= 15 is 0 Å². The molecule has 1 N–H and O–H groups in total. The van der Waals surface area contributed by atoms with Gasteiger partial charge < -0.3 is 14.8 Å². The van der Waals surface area contributed by atoms with E-state index in [2.05, 4.69) is 5.32 Å². The third-order valence-corrected chi connectivity index (χ3v) is 3.56. The number of benzene rings is 2. The first-order valence-electron chi connectivity index (χ1n) is 7.75. The number of ether oxygens (including phenoxy) is 2. The predicted molar refractivity (Wildman–Crippen MR) is 90.3 cm³/mol. The number of amides is 1. The number of rotatable bonds is 7. The van der Waals surface area contributed by atoms with Gasteiger partial charge in [-0.3, -0.25) is 4.79 Å². The minimum Gasteiger partial charge on any atom is -0.469 e. The molecule has 2 aromatic rings. The summed E-state index contributed by atoms with van der Waals surface area (Å²) >= 11 is 0. The number of carbonyl (C=O) groups is 2. The highest BCUT2D eigenvalue weighted by molar-refractivity contribution is 5.74. The first kappa shape index (κ1) is 17.5. The van der Waals surface area contributed by atoms with Gasteiger partial charge in [-0.25, -0.2) is 4.79 Å². The molecule has 1 atom stereocenters. The van der Waals surface area contributed by atoms with Crippen LogP contribution in [0.3, 0.4) is 0 Å². The van der Waals surface area contributed by atoms with Crippen molar-refractivity contribution in [2.45, 2.75) is 13.0 Å². The lowest BCUT2D eigenvalue weighted by atomic mass is 9.99. The van der Waals surface area contributed by atoms with E-state index in [-0.39, 0.29) is 19.1 Å². The maximum atomic E-state index is 11.9. The fourth-order valence-electron chi connectivity index (χ4n) is 2.28. The number of esters is 1. The Morgan fingerprint density at radius 1 is 0.958 bits per heavy atom. The molecular formula is C19H21NO4. The SMILES string of the molecule is COC(=O)C(CNC(=O)OCc1ccccc1)Cc1ccccc1. The monoisotopic (exact) mass is 327 g/mol. The third-order valence-electron chi connectivity index (χ3n) is 3.56. The van der Waals surface area contributed by atoms with Crippen molar-refractivity contribution in [3.63, 3.8) is 0 Å². The molecule has 24 heavy (non-hydrogen) atoms. The van der Waals surface area contributed by atoms with Crippen molar-refractivity contribution < 1.29 is 19.1 Å². The number of hydrogen-bond acceptors (Lipinski definition) is 4. The number of hydrogen-bond donors (Lipinski definition) is 1. The van der Waals surface area contributed by atoms with Gasteiger partial charge in [0.15, 0.2) is 0 Å². The summed E-state index contributed by atoms with van der Waals surface area (Å²) in [5.41, 5.74) is 1.91. The van der Waals surface area contributed by atoms with Gasteiger partial charge in [-0.1, -0.05) is 60.7 Å². The Morgan fingerprint density at radius 2 is 1.54 bits per heavy atom. The van der Waals surface area contributed by atoms with Crippen LogP contribution in [0.25, 0.3) is 0 Å². The lowest BCUT2D eigenvalue weighted by Gasteiger charge is -2.15. The van der Waals surface area contributed by atoms with Crippen molar-refractivity contribution >= 4 is 12.1 Å². The van der Waals surface area contributed by atoms with Gasteiger partial charge in [0, 0.05) is 6.54 Å². The topological polar surface area (TPSA) is 64.6 Å². The van der Waals surface area contributed by atoms with Crippen molar-refractivity contribution in [3.8, 4) is 0 Å². The van der Waals surface area contributed by atoms with Gasteiger partial charge in [0.1, 0.15) is 6.61 Å². The van der Waals surface area contributed by atoms with Gasteiger partial charge >= 0.3 is 12.1 Å². The van der Waals surface area contributed by atoms with E-state index in [9.17, 15) is 9.59 Å². The molecule has 1 amide bonds. The van der Waals surface area contributed by atoms with Crippen LogP contribution in [0.2, 0.25) is 0 Å². The van der Waals surface area contributed by atoms with Crippen LogP contribution in [0.15, 0.2) is 60.7 Å². The molecule has 0 fully saturated rings. The summed E-state index contributed by atoms with van der Waals surface area (Å²) in [5, 5.41) is 2.63. The Labute approximate surface area is 141 Å². The van der Waals surface area contributed by atoms with Crippen LogP contribution in [0.5, 0.6) is 0 Å². The molecular weight excluding hydrogens is 306 g/mol. The molecule has 0 radical (unpaired) electrons. The summed E-state index contributed by atoms with van der Waals surface area (Å²) in [5.74, 6) is -0.816. The Morgan fingerprint density at radius 3 is 2.12 bits per heavy atom. The van der Waals surface area contributed by atoms with E-state index in [1.54, 1.807) is 0 Å². The van der Waals surface area contributed by atoms with Crippen molar-refractivity contribution in [3.05, 3.63) is 71.8 Å². The quantitative estimate of drug-likeness (QED) is 0.794. The zero-order valence-corrected chi connectivity index (χ0v) is 13.6. The summed E-state index contributed by atoms with van der Waals surface area (Å²) in [4.78, 5) is 23.7. The highest BCUT2D eigenvalue weighted by Crippen LogP contribution is 2.10. The normalized spacial score (nSPS) is 11.4. The van der Waals surface area contributed by atoms with Crippen LogP contribution >= 0.6 is 0 Å². The second-order valence-corrected chi connectivity index (χ2v) is 5.35. The van der Waals surface area contributed by atoms with E-state index in [0.717, 1.165) is 11.1 Å². The zero-order chi connectivity index (χ0) is 17.2. The molecule has 0 aromatic heterocycles. The molecule has 5 nitrogen and oxygen atoms in total. The summed E-state index contributed by atoms with van der Waals surface area (Å²) in [7, 11) is 1.34. The van der Waals surface area contributed by atoms with Gasteiger partial charge in [0.05, 0.1) is 13.0 Å². The fourth-order valence-corrected chi connectivity index (χ4v) is 2.28. The summed E-state index contributed by atoms with van der Waals surface area (Å²) in [6.45, 7) is 0.351. The Balaban J connectivity index is 1.83. The van der Waals surface area contributed by atoms with Gasteiger partial charge in [0.2, 0.25) is 0 Å². The van der Waals surface area contributed by atoms with Crippen molar-refractivity contribution in [2.24, 2.45) is 5.92 Å². The summed E-state index contributed by atoms with van der Waals surface area (Å²) in [6, 6.07) is 19.0. The van der Waals surface area contributed by atoms with Crippen molar-refractivity contribution in [2.75, 3.05) is 13.7 Å². The molecule has 5 heteroatoms. The standard InChI is InChI=1S/C19H21NO4/c1-23-18(21)17(12-15-8-4-2-5-9-15)13-20-19(22)24-14-16-10-6-3-7-11-16/h2-11,17H,12-14H2,1H3,(H,20,22). The van der Waals surface area contributed by atoms with Crippen LogP contribution < -0.4 is 5.32 Å². The van der Waals surface area contributed by atoms with E-state index in [1.807, 2.05) is 60.7 Å². The van der Waals surface area contributed by atoms with Gasteiger partial charge in [-0.15, -0.1) is 0 Å². The Bertz CT molecular complexity index is 643. The highest BCUT2D eigenvalue weighted by Gasteiger charge is 2.20. The molecule has 1 unspecified atom stereocenters. The minimum atomic E-state index is -0.555. The molecule has 2 aromatic carbocycles. The molecule has 0 saturated heterocycles. The van der Waals surface area contributed by atoms with Crippen molar-refractivity contribution in [1.29, 1.82) is 0 Å². The molecule has 0 spiro atoms. The van der Waals surface area contributed by atoms with E-state index < -0.39 is 12.0 Å². The molecule has 0 heterocycles. The van der Waals surface area contributed by atoms with E-state index in [4.69, 9.17) is 9.47 Å². The number of nitrogens with one attached hydrogen (secondary N) is 1. The maximum absolute atomic E-state index is 11.9. The molecule has 0 aliphatic rings. The smallest absolute Gasteiger partial charge is 0.407 e. The van der Waals surface area contributed by atoms with Gasteiger partial charge in [0.25, 0.3) is 0 Å². The fraction of sp³-hybridized carbons (Fsp3) is 0.263. The molecule has 0 aliphatic carbocycles. The molecule has 0 saturated carbocycles. The average Bonchev–Trinajstić information content (AvgIpc) is 2.64. The lowest BCUT2D eigenvalue weighted by molar-refractivity contribution is -0.145. The van der Waals surface area contributed by atoms with E-state index in [0.29, 0.717) is 6.42 Å². The minimum absolute atomic E-state index is 0.162. The third kappa shape index (κ3) is 5.76. The number of alkyl carbamates (subject to hydrolysis) is 1. The van der Waals surface area contributed by atoms with Gasteiger partial charge in [-0.2, -0.15) is 0 Å². The number of carbonyl (C=O) groups excluding carboxylic acids is 2. The van der Waals surface area contributed by atoms with E-state index in [1.165, 1.54) is 7.11 Å². The summed E-state index contributed by atoms with van der Waals surface area (Å²) < 4.78 is 9.96. The average molecular weight is 327 g/mol. The molecule has 126 valence electrons. The summed E-state index contributed by atoms with van der Waals surface area (Å²) in [6.07, 6.45) is -0.0623. The van der Waals surface area contributed by atoms with Crippen LogP contribution in [-0.2, 0) is 27.3 Å². The Hall–Kier alpha value is -2.82. The van der Waals surface area contributed by atoms with Crippen LogP contribution in [-0.4, -0.2) is 25.7 Å². The largest absolute Gasteiger partial charge is 0.469 e. The van der Waals surface area contributed by atoms with Crippen LogP contribution in [0, 0.1) is 5.92 Å². The lowest BCUT2D eigenvalue weighted by Crippen LogP contribution is -2.35. The highest BCUT2D eigenvalue weighted by atomic mass is 16.5. The predicted octanol–water partition coefficient (Wildman–Crippen LogP) is 2.94. The molecule has 0 aliphatic heterocycles. The second kappa shape index (κ2) is 9.35. The van der Waals surface area contributed by atoms with Gasteiger partial charge in [-0.05, 0) is 17.5 Å². The van der Waals surface area contributed by atoms with Crippen LogP contribution in [0.4, 0.5) is 4.79 Å². The maximum Gasteiger partial charge on any atom is 0.407 e. The number of methoxy groups -OCH3 is 1. The molecule has 2 rings (SSSR count). The van der Waals surface area contributed by atoms with Crippen molar-refractivity contribution in [1.82, 2.24) is 5.32 Å². The first-order valence-corrected chi connectivity index (χ1v) is 7.75. The zero-order valence-electron chi connectivity index (χ0n) is 13.6. The second-order valence-electron chi connectivity index (χ2n) is 5.35. The van der Waals surface area contributed by atoms with Crippen LogP contribution in [0.1, 0.15) is 11.1 Å².